The lowest BCUT2D eigenvalue weighted by Crippen LogP contribution is -2.34. The predicted octanol–water partition coefficient (Wildman–Crippen LogP) is 0.783. The molecular weight excluding hydrogens is 274 g/mol. The second kappa shape index (κ2) is 5.35. The molecule has 6 heteroatoms. The summed E-state index contributed by atoms with van der Waals surface area (Å²) in [5.41, 5.74) is 1.12. The quantitative estimate of drug-likeness (QED) is 0.862. The smallest absolute Gasteiger partial charge is 0.240 e. The Bertz CT molecular complexity index is 571. The van der Waals surface area contributed by atoms with E-state index < -0.39 is 10.0 Å². The maximum atomic E-state index is 11.9. The number of anilines is 1. The minimum atomic E-state index is -3.35. The highest BCUT2D eigenvalue weighted by molar-refractivity contribution is 7.89. The van der Waals surface area contributed by atoms with Gasteiger partial charge < -0.3 is 10.2 Å². The maximum Gasteiger partial charge on any atom is 0.240 e. The Hall–Kier alpha value is -1.11. The molecule has 2 N–H and O–H groups in total. The molecule has 1 aromatic rings. The molecule has 2 saturated heterocycles. The molecule has 1 aromatic carbocycles. The summed E-state index contributed by atoms with van der Waals surface area (Å²) in [6.07, 6.45) is 1.22. The van der Waals surface area contributed by atoms with Crippen LogP contribution in [0.3, 0.4) is 0 Å². The lowest BCUT2D eigenvalue weighted by Gasteiger charge is -2.25. The van der Waals surface area contributed by atoms with Crippen molar-refractivity contribution in [3.05, 3.63) is 24.3 Å². The Kier molecular flexibility index (Phi) is 3.70. The molecule has 0 aromatic heterocycles. The van der Waals surface area contributed by atoms with Gasteiger partial charge in [-0.15, -0.1) is 0 Å². The van der Waals surface area contributed by atoms with Gasteiger partial charge >= 0.3 is 0 Å². The first-order valence-corrected chi connectivity index (χ1v) is 8.67. The maximum absolute atomic E-state index is 11.9. The van der Waals surface area contributed by atoms with Gasteiger partial charge in [-0.05, 0) is 36.6 Å². The van der Waals surface area contributed by atoms with Gasteiger partial charge in [0.25, 0.3) is 0 Å². The minimum Gasteiger partial charge on any atom is -0.367 e. The summed E-state index contributed by atoms with van der Waals surface area (Å²) in [6.45, 7) is 5.39. The van der Waals surface area contributed by atoms with E-state index in [4.69, 9.17) is 0 Å². The molecule has 110 valence electrons. The average Bonchev–Trinajstić information content (AvgIpc) is 3.01. The van der Waals surface area contributed by atoms with Crippen molar-refractivity contribution in [3.8, 4) is 0 Å². The van der Waals surface area contributed by atoms with Crippen LogP contribution in [0.2, 0.25) is 0 Å². The van der Waals surface area contributed by atoms with Crippen molar-refractivity contribution in [2.24, 2.45) is 5.92 Å². The fraction of sp³-hybridized carbons (Fsp3) is 0.571. The molecule has 20 heavy (non-hydrogen) atoms. The molecule has 2 fully saturated rings. The van der Waals surface area contributed by atoms with Crippen molar-refractivity contribution < 1.29 is 8.42 Å². The van der Waals surface area contributed by atoms with E-state index in [1.807, 2.05) is 12.1 Å². The molecule has 2 aliphatic rings. The summed E-state index contributed by atoms with van der Waals surface area (Å²) < 4.78 is 26.3. The molecule has 0 unspecified atom stereocenters. The largest absolute Gasteiger partial charge is 0.367 e. The summed E-state index contributed by atoms with van der Waals surface area (Å²) in [4.78, 5) is 2.73. The van der Waals surface area contributed by atoms with Crippen LogP contribution >= 0.6 is 0 Å². The lowest BCUT2D eigenvalue weighted by molar-refractivity contribution is 0.578. The molecule has 2 heterocycles. The fourth-order valence-electron chi connectivity index (χ4n) is 3.26. The number of hydrogen-bond acceptors (Lipinski definition) is 4. The molecule has 5 nitrogen and oxygen atoms in total. The number of sulfonamides is 1. The van der Waals surface area contributed by atoms with Crippen molar-refractivity contribution in [2.75, 3.05) is 31.1 Å². The molecule has 0 spiro atoms. The van der Waals surface area contributed by atoms with Crippen LogP contribution in [0.25, 0.3) is 0 Å². The molecule has 0 saturated carbocycles. The zero-order valence-corrected chi connectivity index (χ0v) is 12.5. The first-order chi connectivity index (χ1) is 9.62. The van der Waals surface area contributed by atoms with Crippen LogP contribution < -0.4 is 14.9 Å². The van der Waals surface area contributed by atoms with Crippen LogP contribution in [-0.2, 0) is 10.0 Å². The summed E-state index contributed by atoms with van der Waals surface area (Å²) in [7, 11) is -3.35. The lowest BCUT2D eigenvalue weighted by atomic mass is 10.1. The van der Waals surface area contributed by atoms with Crippen molar-refractivity contribution >= 4 is 15.7 Å². The number of hydrogen-bond donors (Lipinski definition) is 2. The fourth-order valence-corrected chi connectivity index (χ4v) is 4.30. The van der Waals surface area contributed by atoms with E-state index >= 15 is 0 Å². The van der Waals surface area contributed by atoms with Gasteiger partial charge in [0, 0.05) is 37.9 Å². The van der Waals surface area contributed by atoms with Crippen molar-refractivity contribution in [3.63, 3.8) is 0 Å². The monoisotopic (exact) mass is 295 g/mol. The third-order valence-electron chi connectivity index (χ3n) is 4.26. The number of nitrogens with one attached hydrogen (secondary N) is 2. The van der Waals surface area contributed by atoms with Crippen molar-refractivity contribution in [1.29, 1.82) is 0 Å². The Morgan fingerprint density at radius 3 is 2.75 bits per heavy atom. The Balaban J connectivity index is 1.80. The summed E-state index contributed by atoms with van der Waals surface area (Å²) >= 11 is 0. The van der Waals surface area contributed by atoms with Gasteiger partial charge in [0.1, 0.15) is 0 Å². The Morgan fingerprint density at radius 1 is 1.30 bits per heavy atom. The van der Waals surface area contributed by atoms with Gasteiger partial charge in [-0.3, -0.25) is 0 Å². The highest BCUT2D eigenvalue weighted by atomic mass is 32.2. The van der Waals surface area contributed by atoms with E-state index in [1.54, 1.807) is 19.1 Å². The second-order valence-electron chi connectivity index (χ2n) is 5.46. The average molecular weight is 295 g/mol. The van der Waals surface area contributed by atoms with Crippen LogP contribution in [0.15, 0.2) is 29.2 Å². The molecule has 0 bridgehead atoms. The summed E-state index contributed by atoms with van der Waals surface area (Å²) in [5.74, 6) is 0.736. The van der Waals surface area contributed by atoms with Gasteiger partial charge in [-0.2, -0.15) is 0 Å². The molecule has 0 amide bonds. The van der Waals surface area contributed by atoms with Gasteiger partial charge in [-0.1, -0.05) is 6.92 Å². The predicted molar refractivity (Wildman–Crippen MR) is 79.4 cm³/mol. The molecule has 2 aliphatic heterocycles. The number of nitrogens with zero attached hydrogens (tertiary/aromatic N) is 1. The first-order valence-electron chi connectivity index (χ1n) is 7.19. The minimum absolute atomic E-state index is 0.336. The molecule has 3 rings (SSSR count). The summed E-state index contributed by atoms with van der Waals surface area (Å²) in [5, 5.41) is 3.43. The molecule has 0 radical (unpaired) electrons. The zero-order valence-electron chi connectivity index (χ0n) is 11.7. The third-order valence-corrected chi connectivity index (χ3v) is 5.82. The molecule has 0 aliphatic carbocycles. The van der Waals surface area contributed by atoms with Gasteiger partial charge in [0.05, 0.1) is 4.90 Å². The number of rotatable bonds is 4. The highest BCUT2D eigenvalue weighted by Crippen LogP contribution is 2.32. The van der Waals surface area contributed by atoms with E-state index in [2.05, 4.69) is 14.9 Å². The van der Waals surface area contributed by atoms with E-state index in [0.29, 0.717) is 17.5 Å². The topological polar surface area (TPSA) is 61.4 Å². The van der Waals surface area contributed by atoms with Crippen molar-refractivity contribution in [2.45, 2.75) is 24.3 Å². The Morgan fingerprint density at radius 2 is 2.05 bits per heavy atom. The van der Waals surface area contributed by atoms with Gasteiger partial charge in [0.2, 0.25) is 10.0 Å². The van der Waals surface area contributed by atoms with E-state index in [-0.39, 0.29) is 0 Å². The standard InChI is InChI=1S/C14H21N3O2S/c1-2-16-20(18,19)13-5-3-12(4-6-13)17-8-7-11-9-15-10-14(11)17/h3-6,11,14-16H,2,7-10H2,1H3/t11-,14+/m0/s1. The van der Waals surface area contributed by atoms with Gasteiger partial charge in [0.15, 0.2) is 0 Å². The van der Waals surface area contributed by atoms with Crippen LogP contribution in [0.4, 0.5) is 5.69 Å². The van der Waals surface area contributed by atoms with Crippen LogP contribution in [0, 0.1) is 5.92 Å². The first kappa shape index (κ1) is 13.9. The highest BCUT2D eigenvalue weighted by Gasteiger charge is 2.37. The van der Waals surface area contributed by atoms with Crippen LogP contribution in [-0.4, -0.2) is 40.6 Å². The number of fused-ring (bicyclic) bond motifs is 1. The third kappa shape index (κ3) is 2.43. The SMILES string of the molecule is CCNS(=O)(=O)c1ccc(N2CC[C@H]3CNC[C@H]32)cc1. The normalized spacial score (nSPS) is 25.9. The van der Waals surface area contributed by atoms with Crippen LogP contribution in [0.5, 0.6) is 0 Å². The van der Waals surface area contributed by atoms with Gasteiger partial charge in [-0.25, -0.2) is 13.1 Å². The second-order valence-corrected chi connectivity index (χ2v) is 7.23. The molecular formula is C14H21N3O2S. The van der Waals surface area contributed by atoms with E-state index in [1.165, 1.54) is 6.42 Å². The number of benzene rings is 1. The van der Waals surface area contributed by atoms with E-state index in [0.717, 1.165) is 31.2 Å². The van der Waals surface area contributed by atoms with Crippen molar-refractivity contribution in [1.82, 2.24) is 10.0 Å². The zero-order chi connectivity index (χ0) is 14.2. The van der Waals surface area contributed by atoms with Crippen LogP contribution in [0.1, 0.15) is 13.3 Å². The summed E-state index contributed by atoms with van der Waals surface area (Å²) in [6, 6.07) is 7.80. The Labute approximate surface area is 120 Å². The molecule has 2 atom stereocenters. The van der Waals surface area contributed by atoms with E-state index in [9.17, 15) is 8.42 Å².